The van der Waals surface area contributed by atoms with Gasteiger partial charge in [-0.2, -0.15) is 0 Å². The predicted octanol–water partition coefficient (Wildman–Crippen LogP) is 0.492. The van der Waals surface area contributed by atoms with Gasteiger partial charge in [0.2, 0.25) is 12.8 Å². The van der Waals surface area contributed by atoms with Crippen molar-refractivity contribution < 1.29 is 4.58 Å². The summed E-state index contributed by atoms with van der Waals surface area (Å²) in [5.41, 5.74) is 0. The van der Waals surface area contributed by atoms with Gasteiger partial charge in [0.1, 0.15) is 6.04 Å². The Labute approximate surface area is 38.3 Å². The molecule has 1 nitrogen and oxygen atoms in total. The molecule has 0 aromatic heterocycles. The van der Waals surface area contributed by atoms with Crippen molar-refractivity contribution in [3.05, 3.63) is 0 Å². The Morgan fingerprint density at radius 3 is 2.17 bits per heavy atom. The minimum absolute atomic E-state index is 0.741. The summed E-state index contributed by atoms with van der Waals surface area (Å²) in [4.78, 5) is 0. The maximum absolute atomic E-state index is 2.29. The van der Waals surface area contributed by atoms with Crippen LogP contribution in [0, 0.1) is 0 Å². The van der Waals surface area contributed by atoms with E-state index in [2.05, 4.69) is 24.6 Å². The summed E-state index contributed by atoms with van der Waals surface area (Å²) >= 11 is 0. The van der Waals surface area contributed by atoms with Crippen molar-refractivity contribution in [1.82, 2.24) is 0 Å². The zero-order chi connectivity index (χ0) is 4.57. The summed E-state index contributed by atoms with van der Waals surface area (Å²) in [6, 6.07) is 0.741. The largest absolute Gasteiger partial charge is 0.222 e. The van der Waals surface area contributed by atoms with Gasteiger partial charge in [0.05, 0.1) is 0 Å². The number of rotatable bonds is 1. The lowest BCUT2D eigenvalue weighted by molar-refractivity contribution is -0.474. The normalized spacial score (nSPS) is 18.2. The Bertz CT molecular complexity index is 81.9. The molecule has 0 aromatic rings. The molecule has 0 spiro atoms. The summed E-state index contributed by atoms with van der Waals surface area (Å²) in [7, 11) is 0. The van der Waals surface area contributed by atoms with E-state index >= 15 is 0 Å². The van der Waals surface area contributed by atoms with Gasteiger partial charge in [-0.25, -0.2) is 4.58 Å². The van der Waals surface area contributed by atoms with Crippen molar-refractivity contribution in [2.24, 2.45) is 0 Å². The molecular weight excluding hydrogens is 74.1 g/mol. The van der Waals surface area contributed by atoms with Crippen LogP contribution in [0.3, 0.4) is 0 Å². The standard InChI is InChI=1S/C5H10N/c1-5(2)6-3-4-6/h3,5H,4H2,1-2H3/q+1. The first-order valence-corrected chi connectivity index (χ1v) is 2.40. The summed E-state index contributed by atoms with van der Waals surface area (Å²) in [6.45, 7) is 5.60. The van der Waals surface area contributed by atoms with E-state index in [1.54, 1.807) is 0 Å². The zero-order valence-corrected chi connectivity index (χ0v) is 4.31. The molecule has 0 fully saturated rings. The number of hydrogen-bond donors (Lipinski definition) is 0. The lowest BCUT2D eigenvalue weighted by atomic mass is 10.4. The maximum atomic E-state index is 2.29. The van der Waals surface area contributed by atoms with E-state index in [9.17, 15) is 0 Å². The highest BCUT2D eigenvalue weighted by molar-refractivity contribution is 5.60. The van der Waals surface area contributed by atoms with E-state index in [1.165, 1.54) is 6.54 Å². The van der Waals surface area contributed by atoms with Gasteiger partial charge in [0.15, 0.2) is 0 Å². The van der Waals surface area contributed by atoms with Crippen LogP contribution >= 0.6 is 0 Å². The fourth-order valence-electron chi connectivity index (χ4n) is 0.469. The quantitative estimate of drug-likeness (QED) is 0.407. The monoisotopic (exact) mass is 84.1 g/mol. The van der Waals surface area contributed by atoms with Gasteiger partial charge in [0, 0.05) is 0 Å². The second kappa shape index (κ2) is 1.07. The summed E-state index contributed by atoms with van der Waals surface area (Å²) in [5, 5.41) is 0. The Balaban J connectivity index is 2.31. The highest BCUT2D eigenvalue weighted by Gasteiger charge is 2.19. The average Bonchev–Trinajstić information content (AvgIpc) is 2.06. The maximum Gasteiger partial charge on any atom is 0.218 e. The highest BCUT2D eigenvalue weighted by atomic mass is 15.1. The van der Waals surface area contributed by atoms with Gasteiger partial charge >= 0.3 is 0 Å². The van der Waals surface area contributed by atoms with E-state index in [1.807, 2.05) is 0 Å². The van der Waals surface area contributed by atoms with Crippen molar-refractivity contribution in [3.8, 4) is 0 Å². The lowest BCUT2D eigenvalue weighted by Gasteiger charge is -1.84. The molecule has 0 N–H and O–H groups in total. The van der Waals surface area contributed by atoms with Crippen molar-refractivity contribution in [1.29, 1.82) is 0 Å². The van der Waals surface area contributed by atoms with E-state index in [0.29, 0.717) is 0 Å². The second-order valence-electron chi connectivity index (χ2n) is 1.97. The van der Waals surface area contributed by atoms with Crippen LogP contribution in [-0.2, 0) is 0 Å². The van der Waals surface area contributed by atoms with Crippen LogP contribution < -0.4 is 0 Å². The molecule has 34 valence electrons. The first kappa shape index (κ1) is 3.85. The molecule has 0 amide bonds. The van der Waals surface area contributed by atoms with Crippen LogP contribution in [0.5, 0.6) is 0 Å². The second-order valence-corrected chi connectivity index (χ2v) is 1.97. The molecule has 1 aliphatic heterocycles. The highest BCUT2D eigenvalue weighted by Crippen LogP contribution is 1.93. The average molecular weight is 84.1 g/mol. The molecular formula is C5H10N+. The molecule has 1 rings (SSSR count). The van der Waals surface area contributed by atoms with E-state index < -0.39 is 0 Å². The van der Waals surface area contributed by atoms with E-state index in [-0.39, 0.29) is 0 Å². The van der Waals surface area contributed by atoms with Crippen molar-refractivity contribution in [2.45, 2.75) is 19.9 Å². The van der Waals surface area contributed by atoms with Crippen LogP contribution in [-0.4, -0.2) is 23.4 Å². The third-order valence-corrected chi connectivity index (χ3v) is 1.06. The van der Waals surface area contributed by atoms with Gasteiger partial charge in [-0.3, -0.25) is 0 Å². The van der Waals surface area contributed by atoms with Gasteiger partial charge in [-0.1, -0.05) is 0 Å². The van der Waals surface area contributed by atoms with Crippen LogP contribution in [0.1, 0.15) is 13.8 Å². The smallest absolute Gasteiger partial charge is 0.218 e. The van der Waals surface area contributed by atoms with E-state index in [0.717, 1.165) is 6.04 Å². The fraction of sp³-hybridized carbons (Fsp3) is 0.800. The molecule has 0 aliphatic carbocycles. The molecule has 0 atom stereocenters. The topological polar surface area (TPSA) is 3.01 Å². The third kappa shape index (κ3) is 0.588. The van der Waals surface area contributed by atoms with Crippen LogP contribution in [0.2, 0.25) is 0 Å². The molecule has 0 saturated heterocycles. The Hall–Kier alpha value is -0.330. The van der Waals surface area contributed by atoms with Crippen LogP contribution in [0.4, 0.5) is 0 Å². The van der Waals surface area contributed by atoms with Gasteiger partial charge in [0.25, 0.3) is 0 Å². The Morgan fingerprint density at radius 2 is 2.17 bits per heavy atom. The summed E-state index contributed by atoms with van der Waals surface area (Å²) < 4.78 is 2.29. The van der Waals surface area contributed by atoms with Gasteiger partial charge in [-0.05, 0) is 13.8 Å². The Kier molecular flexibility index (Phi) is 0.685. The molecule has 0 bridgehead atoms. The van der Waals surface area contributed by atoms with Crippen LogP contribution in [0.15, 0.2) is 0 Å². The van der Waals surface area contributed by atoms with Gasteiger partial charge < -0.3 is 0 Å². The van der Waals surface area contributed by atoms with Crippen molar-refractivity contribution in [2.75, 3.05) is 6.54 Å². The SMILES string of the molecule is CC(C)[N+]1=CC1. The third-order valence-electron chi connectivity index (χ3n) is 1.06. The predicted molar refractivity (Wildman–Crippen MR) is 26.3 cm³/mol. The minimum Gasteiger partial charge on any atom is -0.222 e. The molecule has 0 saturated carbocycles. The molecule has 0 radical (unpaired) electrons. The van der Waals surface area contributed by atoms with Crippen LogP contribution in [0.25, 0.3) is 0 Å². The number of nitrogens with zero attached hydrogens (tertiary/aromatic N) is 1. The molecule has 1 heteroatoms. The summed E-state index contributed by atoms with van der Waals surface area (Å²) in [6.07, 6.45) is 2.20. The molecule has 1 aliphatic rings. The molecule has 0 unspecified atom stereocenters. The fourth-order valence-corrected chi connectivity index (χ4v) is 0.469. The molecule has 6 heavy (non-hydrogen) atoms. The van der Waals surface area contributed by atoms with Gasteiger partial charge in [-0.15, -0.1) is 0 Å². The number of hydrogen-bond acceptors (Lipinski definition) is 0. The minimum atomic E-state index is 0.741. The van der Waals surface area contributed by atoms with Crippen molar-refractivity contribution in [3.63, 3.8) is 0 Å². The first-order chi connectivity index (χ1) is 2.80. The van der Waals surface area contributed by atoms with E-state index in [4.69, 9.17) is 0 Å². The zero-order valence-electron chi connectivity index (χ0n) is 4.31. The molecule has 1 heterocycles. The summed E-state index contributed by atoms with van der Waals surface area (Å²) in [5.74, 6) is 0. The lowest BCUT2D eigenvalue weighted by Crippen LogP contribution is -2.02. The van der Waals surface area contributed by atoms with Crippen molar-refractivity contribution >= 4 is 6.21 Å². The molecule has 0 aromatic carbocycles. The Morgan fingerprint density at radius 1 is 1.67 bits per heavy atom. The first-order valence-electron chi connectivity index (χ1n) is 2.40.